The Kier molecular flexibility index (Phi) is 4.38. The van der Waals surface area contributed by atoms with E-state index in [1.165, 1.54) is 11.8 Å². The van der Waals surface area contributed by atoms with E-state index in [9.17, 15) is 4.79 Å². The SMILES string of the molecule is CCC(C)(C)NC(=O)C(C)Sc1nc2ccccc2[nH]1. The average Bonchev–Trinajstić information content (AvgIpc) is 2.80. The van der Waals surface area contributed by atoms with E-state index in [0.717, 1.165) is 22.6 Å². The zero-order chi connectivity index (χ0) is 14.8. The van der Waals surface area contributed by atoms with Crippen LogP contribution < -0.4 is 5.32 Å². The summed E-state index contributed by atoms with van der Waals surface area (Å²) in [6, 6.07) is 7.87. The van der Waals surface area contributed by atoms with E-state index < -0.39 is 0 Å². The minimum absolute atomic E-state index is 0.0438. The number of aromatic amines is 1. The summed E-state index contributed by atoms with van der Waals surface area (Å²) in [7, 11) is 0. The van der Waals surface area contributed by atoms with Crippen LogP contribution in [0.2, 0.25) is 0 Å². The van der Waals surface area contributed by atoms with E-state index in [4.69, 9.17) is 0 Å². The Bertz CT molecular complexity index is 573. The predicted octanol–water partition coefficient (Wildman–Crippen LogP) is 3.35. The van der Waals surface area contributed by atoms with Crippen molar-refractivity contribution in [1.82, 2.24) is 15.3 Å². The molecule has 1 atom stereocenters. The number of H-pyrrole nitrogens is 1. The first-order valence-corrected chi connectivity index (χ1v) is 7.72. The Morgan fingerprint density at radius 3 is 2.80 bits per heavy atom. The number of hydrogen-bond acceptors (Lipinski definition) is 3. The largest absolute Gasteiger partial charge is 0.350 e. The van der Waals surface area contributed by atoms with Gasteiger partial charge in [0.05, 0.1) is 16.3 Å². The molecule has 0 aliphatic rings. The Morgan fingerprint density at radius 2 is 2.15 bits per heavy atom. The van der Waals surface area contributed by atoms with Crippen LogP contribution in [0.15, 0.2) is 29.4 Å². The number of amides is 1. The lowest BCUT2D eigenvalue weighted by atomic mass is 10.0. The fraction of sp³-hybridized carbons (Fsp3) is 0.467. The monoisotopic (exact) mass is 291 g/mol. The van der Waals surface area contributed by atoms with Crippen molar-refractivity contribution in [3.05, 3.63) is 24.3 Å². The molecule has 0 radical (unpaired) electrons. The summed E-state index contributed by atoms with van der Waals surface area (Å²) in [5.41, 5.74) is 1.76. The second kappa shape index (κ2) is 5.87. The lowest BCUT2D eigenvalue weighted by Gasteiger charge is -2.26. The molecule has 0 saturated heterocycles. The molecule has 0 aliphatic carbocycles. The van der Waals surface area contributed by atoms with Crippen LogP contribution >= 0.6 is 11.8 Å². The van der Waals surface area contributed by atoms with Gasteiger partial charge in [0.1, 0.15) is 0 Å². The molecule has 20 heavy (non-hydrogen) atoms. The minimum Gasteiger partial charge on any atom is -0.350 e. The number of para-hydroxylation sites is 2. The highest BCUT2D eigenvalue weighted by Crippen LogP contribution is 2.24. The van der Waals surface area contributed by atoms with Gasteiger partial charge in [-0.15, -0.1) is 0 Å². The number of carbonyl (C=O) groups is 1. The second-order valence-electron chi connectivity index (χ2n) is 5.55. The van der Waals surface area contributed by atoms with Gasteiger partial charge in [-0.2, -0.15) is 0 Å². The Hall–Kier alpha value is -1.49. The lowest BCUT2D eigenvalue weighted by molar-refractivity contribution is -0.121. The van der Waals surface area contributed by atoms with Crippen LogP contribution in [-0.2, 0) is 4.79 Å². The molecule has 0 aliphatic heterocycles. The highest BCUT2D eigenvalue weighted by atomic mass is 32.2. The maximum Gasteiger partial charge on any atom is 0.233 e. The first-order chi connectivity index (χ1) is 9.41. The molecule has 0 bridgehead atoms. The third-order valence-corrected chi connectivity index (χ3v) is 4.35. The van der Waals surface area contributed by atoms with Gasteiger partial charge in [0.15, 0.2) is 5.16 Å². The Balaban J connectivity index is 2.03. The van der Waals surface area contributed by atoms with Gasteiger partial charge >= 0.3 is 0 Å². The van der Waals surface area contributed by atoms with Crippen LogP contribution in [0.4, 0.5) is 0 Å². The third kappa shape index (κ3) is 3.54. The van der Waals surface area contributed by atoms with Gasteiger partial charge in [-0.05, 0) is 39.3 Å². The summed E-state index contributed by atoms with van der Waals surface area (Å²) in [5.74, 6) is 0.0438. The van der Waals surface area contributed by atoms with E-state index in [2.05, 4.69) is 22.2 Å². The van der Waals surface area contributed by atoms with E-state index >= 15 is 0 Å². The van der Waals surface area contributed by atoms with Crippen LogP contribution in [0.3, 0.4) is 0 Å². The van der Waals surface area contributed by atoms with Crippen molar-refractivity contribution in [2.45, 2.75) is 50.1 Å². The van der Waals surface area contributed by atoms with Crippen molar-refractivity contribution in [2.75, 3.05) is 0 Å². The van der Waals surface area contributed by atoms with Crippen molar-refractivity contribution >= 4 is 28.7 Å². The van der Waals surface area contributed by atoms with Crippen molar-refractivity contribution in [2.24, 2.45) is 0 Å². The van der Waals surface area contributed by atoms with E-state index in [1.54, 1.807) is 0 Å². The van der Waals surface area contributed by atoms with Crippen molar-refractivity contribution < 1.29 is 4.79 Å². The highest BCUT2D eigenvalue weighted by molar-refractivity contribution is 8.00. The molecule has 5 heteroatoms. The standard InChI is InChI=1S/C15H21N3OS/c1-5-15(3,4)18-13(19)10(2)20-14-16-11-8-6-7-9-12(11)17-14/h6-10H,5H2,1-4H3,(H,16,17)(H,18,19). The second-order valence-corrected chi connectivity index (χ2v) is 6.88. The zero-order valence-electron chi connectivity index (χ0n) is 12.4. The quantitative estimate of drug-likeness (QED) is 0.831. The summed E-state index contributed by atoms with van der Waals surface area (Å²) in [6.07, 6.45) is 0.904. The smallest absolute Gasteiger partial charge is 0.233 e. The molecule has 1 unspecified atom stereocenters. The number of imidazole rings is 1. The number of nitrogens with one attached hydrogen (secondary N) is 2. The molecular weight excluding hydrogens is 270 g/mol. The molecule has 4 nitrogen and oxygen atoms in total. The molecule has 108 valence electrons. The predicted molar refractivity (Wildman–Crippen MR) is 83.9 cm³/mol. The summed E-state index contributed by atoms with van der Waals surface area (Å²) >= 11 is 1.45. The molecular formula is C15H21N3OS. The van der Waals surface area contributed by atoms with Crippen LogP contribution in [-0.4, -0.2) is 26.7 Å². The van der Waals surface area contributed by atoms with Gasteiger partial charge in [0.25, 0.3) is 0 Å². The maximum atomic E-state index is 12.2. The number of hydrogen-bond donors (Lipinski definition) is 2. The van der Waals surface area contributed by atoms with Crippen LogP contribution in [0, 0.1) is 0 Å². The summed E-state index contributed by atoms with van der Waals surface area (Å²) in [5, 5.41) is 3.66. The molecule has 2 N–H and O–H groups in total. The molecule has 0 fully saturated rings. The fourth-order valence-corrected chi connectivity index (χ4v) is 2.55. The number of aromatic nitrogens is 2. The fourth-order valence-electron chi connectivity index (χ4n) is 1.73. The van der Waals surface area contributed by atoms with Crippen LogP contribution in [0.1, 0.15) is 34.1 Å². The minimum atomic E-state index is -0.179. The molecule has 1 aromatic heterocycles. The van der Waals surface area contributed by atoms with E-state index in [0.29, 0.717) is 0 Å². The van der Waals surface area contributed by atoms with E-state index in [-0.39, 0.29) is 16.7 Å². The molecule has 0 saturated carbocycles. The van der Waals surface area contributed by atoms with Crippen molar-refractivity contribution in [3.8, 4) is 0 Å². The summed E-state index contributed by atoms with van der Waals surface area (Å²) < 4.78 is 0. The number of fused-ring (bicyclic) bond motifs is 1. The molecule has 1 amide bonds. The number of rotatable bonds is 5. The topological polar surface area (TPSA) is 57.8 Å². The van der Waals surface area contributed by atoms with Crippen LogP contribution in [0.25, 0.3) is 11.0 Å². The van der Waals surface area contributed by atoms with Gasteiger partial charge in [-0.25, -0.2) is 4.98 Å². The Labute approximate surface area is 123 Å². The first kappa shape index (κ1) is 14.9. The van der Waals surface area contributed by atoms with E-state index in [1.807, 2.05) is 45.0 Å². The van der Waals surface area contributed by atoms with Gasteiger partial charge in [0.2, 0.25) is 5.91 Å². The number of nitrogens with zero attached hydrogens (tertiary/aromatic N) is 1. The number of carbonyl (C=O) groups excluding carboxylic acids is 1. The summed E-state index contributed by atoms with van der Waals surface area (Å²) in [4.78, 5) is 19.9. The maximum absolute atomic E-state index is 12.2. The third-order valence-electron chi connectivity index (χ3n) is 3.37. The first-order valence-electron chi connectivity index (χ1n) is 6.85. The van der Waals surface area contributed by atoms with Gasteiger partial charge < -0.3 is 10.3 Å². The highest BCUT2D eigenvalue weighted by Gasteiger charge is 2.23. The molecule has 1 heterocycles. The van der Waals surface area contributed by atoms with Gasteiger partial charge in [0, 0.05) is 5.54 Å². The Morgan fingerprint density at radius 1 is 1.45 bits per heavy atom. The van der Waals surface area contributed by atoms with Crippen molar-refractivity contribution in [1.29, 1.82) is 0 Å². The molecule has 0 spiro atoms. The number of benzene rings is 1. The molecule has 2 rings (SSSR count). The summed E-state index contributed by atoms with van der Waals surface area (Å²) in [6.45, 7) is 8.03. The van der Waals surface area contributed by atoms with Gasteiger partial charge in [-0.3, -0.25) is 4.79 Å². The molecule has 1 aromatic carbocycles. The zero-order valence-corrected chi connectivity index (χ0v) is 13.2. The molecule has 2 aromatic rings. The van der Waals surface area contributed by atoms with Crippen LogP contribution in [0.5, 0.6) is 0 Å². The average molecular weight is 291 g/mol. The number of thioether (sulfide) groups is 1. The lowest BCUT2D eigenvalue weighted by Crippen LogP contribution is -2.46. The normalized spacial score (nSPS) is 13.4. The van der Waals surface area contributed by atoms with Crippen molar-refractivity contribution in [3.63, 3.8) is 0 Å². The van der Waals surface area contributed by atoms with Gasteiger partial charge in [-0.1, -0.05) is 30.8 Å².